The lowest BCUT2D eigenvalue weighted by Gasteiger charge is -2.10. The molecule has 0 fully saturated rings. The number of hydrazine groups is 1. The van der Waals surface area contributed by atoms with Crippen molar-refractivity contribution in [1.82, 2.24) is 9.97 Å². The standard InChI is InChI=1S/C12H13N5O2/c1-8(18)15-9-4-2-3-5-10(9)19-12-7-14-6-11(16-12)17-13/h2-7H,13H2,1H3,(H,15,18)(H,16,17). The molecule has 2 aromatic rings. The van der Waals surface area contributed by atoms with E-state index in [-0.39, 0.29) is 11.8 Å². The fourth-order valence-corrected chi connectivity index (χ4v) is 1.43. The number of hydrogen-bond acceptors (Lipinski definition) is 6. The van der Waals surface area contributed by atoms with Gasteiger partial charge in [-0.2, -0.15) is 4.98 Å². The average Bonchev–Trinajstić information content (AvgIpc) is 2.41. The summed E-state index contributed by atoms with van der Waals surface area (Å²) in [4.78, 5) is 19.1. The molecule has 98 valence electrons. The fraction of sp³-hybridized carbons (Fsp3) is 0.0833. The van der Waals surface area contributed by atoms with Gasteiger partial charge in [0.1, 0.15) is 0 Å². The zero-order valence-corrected chi connectivity index (χ0v) is 10.3. The molecule has 0 saturated carbocycles. The number of carbonyl (C=O) groups excluding carboxylic acids is 1. The number of anilines is 2. The summed E-state index contributed by atoms with van der Waals surface area (Å²) in [6.45, 7) is 1.43. The third-order valence-electron chi connectivity index (χ3n) is 2.17. The van der Waals surface area contributed by atoms with Crippen LogP contribution in [0, 0.1) is 0 Å². The first-order chi connectivity index (χ1) is 9.19. The third kappa shape index (κ3) is 3.39. The summed E-state index contributed by atoms with van der Waals surface area (Å²) in [7, 11) is 0. The van der Waals surface area contributed by atoms with Crippen molar-refractivity contribution in [3.05, 3.63) is 36.7 Å². The number of aromatic nitrogens is 2. The second-order valence-electron chi connectivity index (χ2n) is 3.67. The van der Waals surface area contributed by atoms with Crippen LogP contribution in [0.2, 0.25) is 0 Å². The molecule has 0 atom stereocenters. The summed E-state index contributed by atoms with van der Waals surface area (Å²) in [5, 5.41) is 2.67. The van der Waals surface area contributed by atoms with Crippen LogP contribution in [0.1, 0.15) is 6.92 Å². The molecule has 0 saturated heterocycles. The van der Waals surface area contributed by atoms with Crippen LogP contribution in [0.5, 0.6) is 11.6 Å². The molecule has 1 aromatic carbocycles. The van der Waals surface area contributed by atoms with Crippen molar-refractivity contribution in [2.24, 2.45) is 5.84 Å². The summed E-state index contributed by atoms with van der Waals surface area (Å²) in [6.07, 6.45) is 2.91. The van der Waals surface area contributed by atoms with Gasteiger partial charge in [-0.25, -0.2) is 5.84 Å². The Balaban J connectivity index is 2.24. The van der Waals surface area contributed by atoms with E-state index in [1.165, 1.54) is 19.3 Å². The van der Waals surface area contributed by atoms with Gasteiger partial charge < -0.3 is 15.5 Å². The van der Waals surface area contributed by atoms with Crippen LogP contribution in [0.25, 0.3) is 0 Å². The van der Waals surface area contributed by atoms with Gasteiger partial charge >= 0.3 is 0 Å². The second-order valence-corrected chi connectivity index (χ2v) is 3.67. The molecule has 7 heteroatoms. The van der Waals surface area contributed by atoms with Crippen molar-refractivity contribution in [3.63, 3.8) is 0 Å². The first-order valence-electron chi connectivity index (χ1n) is 5.52. The van der Waals surface area contributed by atoms with Gasteiger partial charge in [-0.15, -0.1) is 0 Å². The maximum Gasteiger partial charge on any atom is 0.239 e. The van der Waals surface area contributed by atoms with E-state index in [0.29, 0.717) is 17.3 Å². The van der Waals surface area contributed by atoms with Crippen molar-refractivity contribution in [2.75, 3.05) is 10.7 Å². The lowest BCUT2D eigenvalue weighted by atomic mass is 10.3. The number of rotatable bonds is 4. The number of hydrogen-bond donors (Lipinski definition) is 3. The molecule has 4 N–H and O–H groups in total. The highest BCUT2D eigenvalue weighted by atomic mass is 16.5. The molecule has 0 bridgehead atoms. The smallest absolute Gasteiger partial charge is 0.239 e. The van der Waals surface area contributed by atoms with Gasteiger partial charge in [-0.3, -0.25) is 9.78 Å². The first-order valence-corrected chi connectivity index (χ1v) is 5.52. The van der Waals surface area contributed by atoms with E-state index in [0.717, 1.165) is 0 Å². The molecule has 19 heavy (non-hydrogen) atoms. The predicted octanol–water partition coefficient (Wildman–Crippen LogP) is 1.51. The lowest BCUT2D eigenvalue weighted by molar-refractivity contribution is -0.114. The van der Waals surface area contributed by atoms with Crippen molar-refractivity contribution >= 4 is 17.4 Å². The van der Waals surface area contributed by atoms with Gasteiger partial charge in [0.15, 0.2) is 11.6 Å². The molecule has 0 aliphatic rings. The molecule has 0 radical (unpaired) electrons. The molecular weight excluding hydrogens is 246 g/mol. The SMILES string of the molecule is CC(=O)Nc1ccccc1Oc1cncc(NN)n1. The topological polar surface area (TPSA) is 102 Å². The van der Waals surface area contributed by atoms with Crippen LogP contribution >= 0.6 is 0 Å². The summed E-state index contributed by atoms with van der Waals surface area (Å²) in [5.74, 6) is 6.19. The Morgan fingerprint density at radius 2 is 2.11 bits per heavy atom. The van der Waals surface area contributed by atoms with Crippen LogP contribution in [0.15, 0.2) is 36.7 Å². The van der Waals surface area contributed by atoms with Crippen LogP contribution in [0.3, 0.4) is 0 Å². The van der Waals surface area contributed by atoms with Gasteiger partial charge in [0.25, 0.3) is 0 Å². The molecular formula is C12H13N5O2. The second kappa shape index (κ2) is 5.78. The predicted molar refractivity (Wildman–Crippen MR) is 70.7 cm³/mol. The largest absolute Gasteiger partial charge is 0.435 e. The van der Waals surface area contributed by atoms with Crippen LogP contribution < -0.4 is 21.3 Å². The minimum atomic E-state index is -0.181. The van der Waals surface area contributed by atoms with E-state index >= 15 is 0 Å². The molecule has 0 unspecified atom stereocenters. The maximum atomic E-state index is 11.1. The monoisotopic (exact) mass is 259 g/mol. The van der Waals surface area contributed by atoms with Gasteiger partial charge in [0.05, 0.1) is 18.1 Å². The Labute approximate surface area is 109 Å². The van der Waals surface area contributed by atoms with Crippen molar-refractivity contribution in [3.8, 4) is 11.6 Å². The van der Waals surface area contributed by atoms with Gasteiger partial charge in [-0.05, 0) is 12.1 Å². The molecule has 0 aliphatic heterocycles. The number of para-hydroxylation sites is 2. The molecule has 1 amide bonds. The summed E-state index contributed by atoms with van der Waals surface area (Å²) in [6, 6.07) is 7.03. The Morgan fingerprint density at radius 1 is 1.32 bits per heavy atom. The van der Waals surface area contributed by atoms with Crippen molar-refractivity contribution < 1.29 is 9.53 Å². The summed E-state index contributed by atoms with van der Waals surface area (Å²) < 4.78 is 5.57. The zero-order valence-electron chi connectivity index (χ0n) is 10.3. The van der Waals surface area contributed by atoms with E-state index in [4.69, 9.17) is 10.6 Å². The number of nitrogens with one attached hydrogen (secondary N) is 2. The quantitative estimate of drug-likeness (QED) is 0.568. The van der Waals surface area contributed by atoms with Gasteiger partial charge in [0, 0.05) is 6.92 Å². The summed E-state index contributed by atoms with van der Waals surface area (Å²) in [5.41, 5.74) is 2.93. The number of nitrogen functional groups attached to an aromatic ring is 1. The van der Waals surface area contributed by atoms with E-state index in [2.05, 4.69) is 20.7 Å². The Bertz CT molecular complexity index is 588. The number of ether oxygens (including phenoxy) is 1. The van der Waals surface area contributed by atoms with Crippen LogP contribution in [0.4, 0.5) is 11.5 Å². The Kier molecular flexibility index (Phi) is 3.89. The lowest BCUT2D eigenvalue weighted by Crippen LogP contribution is -2.09. The molecule has 2 rings (SSSR count). The highest BCUT2D eigenvalue weighted by molar-refractivity contribution is 5.90. The highest BCUT2D eigenvalue weighted by Gasteiger charge is 2.07. The molecule has 1 aromatic heterocycles. The van der Waals surface area contributed by atoms with Crippen LogP contribution in [-0.4, -0.2) is 15.9 Å². The normalized spacial score (nSPS) is 9.79. The van der Waals surface area contributed by atoms with E-state index in [1.54, 1.807) is 24.3 Å². The maximum absolute atomic E-state index is 11.1. The minimum absolute atomic E-state index is 0.181. The number of amides is 1. The molecule has 7 nitrogen and oxygen atoms in total. The molecule has 1 heterocycles. The van der Waals surface area contributed by atoms with Crippen molar-refractivity contribution in [2.45, 2.75) is 6.92 Å². The average molecular weight is 259 g/mol. The van der Waals surface area contributed by atoms with Gasteiger partial charge in [0.2, 0.25) is 11.8 Å². The highest BCUT2D eigenvalue weighted by Crippen LogP contribution is 2.28. The van der Waals surface area contributed by atoms with E-state index < -0.39 is 0 Å². The van der Waals surface area contributed by atoms with E-state index in [1.807, 2.05) is 0 Å². The summed E-state index contributed by atoms with van der Waals surface area (Å²) >= 11 is 0. The first kappa shape index (κ1) is 12.8. The molecule has 0 aliphatic carbocycles. The Hall–Kier alpha value is -2.67. The Morgan fingerprint density at radius 3 is 2.84 bits per heavy atom. The van der Waals surface area contributed by atoms with Crippen LogP contribution in [-0.2, 0) is 4.79 Å². The van der Waals surface area contributed by atoms with E-state index in [9.17, 15) is 4.79 Å². The minimum Gasteiger partial charge on any atom is -0.435 e. The number of carbonyl (C=O) groups is 1. The molecule has 0 spiro atoms. The van der Waals surface area contributed by atoms with Crippen molar-refractivity contribution in [1.29, 1.82) is 0 Å². The zero-order chi connectivity index (χ0) is 13.7. The van der Waals surface area contributed by atoms with Gasteiger partial charge in [-0.1, -0.05) is 12.1 Å². The number of nitrogens with zero attached hydrogens (tertiary/aromatic N) is 2. The fourth-order valence-electron chi connectivity index (χ4n) is 1.43. The number of nitrogens with two attached hydrogens (primary N) is 1. The third-order valence-corrected chi connectivity index (χ3v) is 2.17. The number of benzene rings is 1.